The molecule has 152 valence electrons. The number of carbonyl (C=O) groups is 3. The van der Waals surface area contributed by atoms with Crippen molar-refractivity contribution in [2.45, 2.75) is 26.7 Å². The van der Waals surface area contributed by atoms with E-state index in [-0.39, 0.29) is 24.4 Å². The van der Waals surface area contributed by atoms with Gasteiger partial charge in [0, 0.05) is 37.1 Å². The van der Waals surface area contributed by atoms with Crippen LogP contribution < -0.4 is 15.5 Å². The molecule has 0 unspecified atom stereocenters. The highest BCUT2D eigenvalue weighted by atomic mass is 16.2. The minimum absolute atomic E-state index is 0.00708. The number of carbonyl (C=O) groups excluding carboxylic acids is 3. The van der Waals surface area contributed by atoms with Crippen molar-refractivity contribution in [3.8, 4) is 0 Å². The van der Waals surface area contributed by atoms with Gasteiger partial charge in [0.25, 0.3) is 0 Å². The van der Waals surface area contributed by atoms with Crippen LogP contribution in [0.4, 0.5) is 21.9 Å². The van der Waals surface area contributed by atoms with E-state index in [0.29, 0.717) is 30.4 Å². The summed E-state index contributed by atoms with van der Waals surface area (Å²) < 4.78 is 0. The Morgan fingerprint density at radius 3 is 2.07 bits per heavy atom. The molecule has 0 radical (unpaired) electrons. The topological polar surface area (TPSA) is 81.8 Å². The highest BCUT2D eigenvalue weighted by Gasteiger charge is 2.30. The van der Waals surface area contributed by atoms with Crippen LogP contribution in [0.2, 0.25) is 0 Å². The van der Waals surface area contributed by atoms with Crippen LogP contribution in [0.3, 0.4) is 0 Å². The molecule has 1 saturated heterocycles. The SMILES string of the molecule is CC(=O)Nc1ccc(NC(=O)CN2CCN(c3ccc(C(C)C)cc3)C2=O)cc1. The van der Waals surface area contributed by atoms with Crippen molar-refractivity contribution in [3.05, 3.63) is 54.1 Å². The maximum absolute atomic E-state index is 12.7. The van der Waals surface area contributed by atoms with Gasteiger partial charge >= 0.3 is 6.03 Å². The monoisotopic (exact) mass is 394 g/mol. The van der Waals surface area contributed by atoms with Crippen molar-refractivity contribution >= 4 is 34.9 Å². The molecule has 0 atom stereocenters. The van der Waals surface area contributed by atoms with Crippen molar-refractivity contribution in [1.29, 1.82) is 0 Å². The maximum Gasteiger partial charge on any atom is 0.325 e. The fourth-order valence-corrected chi connectivity index (χ4v) is 3.22. The third kappa shape index (κ3) is 5.13. The van der Waals surface area contributed by atoms with Gasteiger partial charge < -0.3 is 15.5 Å². The van der Waals surface area contributed by atoms with Crippen LogP contribution in [-0.4, -0.2) is 42.4 Å². The molecule has 0 spiro atoms. The van der Waals surface area contributed by atoms with Crippen LogP contribution in [0.15, 0.2) is 48.5 Å². The van der Waals surface area contributed by atoms with Crippen LogP contribution >= 0.6 is 0 Å². The lowest BCUT2D eigenvalue weighted by molar-refractivity contribution is -0.116. The van der Waals surface area contributed by atoms with Gasteiger partial charge in [0.05, 0.1) is 0 Å². The summed E-state index contributed by atoms with van der Waals surface area (Å²) in [6.07, 6.45) is 0. The Morgan fingerprint density at radius 1 is 0.931 bits per heavy atom. The van der Waals surface area contributed by atoms with Gasteiger partial charge in [0.15, 0.2) is 0 Å². The lowest BCUT2D eigenvalue weighted by atomic mass is 10.0. The molecule has 3 rings (SSSR count). The zero-order chi connectivity index (χ0) is 21.0. The van der Waals surface area contributed by atoms with Gasteiger partial charge in [-0.2, -0.15) is 0 Å². The Kier molecular flexibility index (Phi) is 6.16. The second-order valence-electron chi connectivity index (χ2n) is 7.41. The van der Waals surface area contributed by atoms with E-state index in [9.17, 15) is 14.4 Å². The molecule has 4 amide bonds. The summed E-state index contributed by atoms with van der Waals surface area (Å²) in [6.45, 7) is 6.74. The number of anilines is 3. The molecule has 0 saturated carbocycles. The maximum atomic E-state index is 12.7. The molecule has 0 bridgehead atoms. The van der Waals surface area contributed by atoms with E-state index >= 15 is 0 Å². The van der Waals surface area contributed by atoms with Crippen LogP contribution in [0, 0.1) is 0 Å². The van der Waals surface area contributed by atoms with Crippen molar-refractivity contribution in [3.63, 3.8) is 0 Å². The van der Waals surface area contributed by atoms with E-state index in [1.807, 2.05) is 24.3 Å². The van der Waals surface area contributed by atoms with Gasteiger partial charge in [-0.1, -0.05) is 26.0 Å². The molecule has 2 aromatic carbocycles. The van der Waals surface area contributed by atoms with Gasteiger partial charge in [0.1, 0.15) is 6.54 Å². The van der Waals surface area contributed by atoms with Crippen LogP contribution in [-0.2, 0) is 9.59 Å². The lowest BCUT2D eigenvalue weighted by Gasteiger charge is -2.19. The summed E-state index contributed by atoms with van der Waals surface area (Å²) >= 11 is 0. The van der Waals surface area contributed by atoms with E-state index < -0.39 is 0 Å². The van der Waals surface area contributed by atoms with Crippen molar-refractivity contribution in [1.82, 2.24) is 4.90 Å². The molecule has 1 aliphatic rings. The average molecular weight is 394 g/mol. The number of urea groups is 1. The summed E-state index contributed by atoms with van der Waals surface area (Å²) in [6, 6.07) is 14.6. The van der Waals surface area contributed by atoms with E-state index in [2.05, 4.69) is 24.5 Å². The fraction of sp³-hybridized carbons (Fsp3) is 0.318. The first-order valence-corrected chi connectivity index (χ1v) is 9.67. The highest BCUT2D eigenvalue weighted by Crippen LogP contribution is 2.23. The summed E-state index contributed by atoms with van der Waals surface area (Å²) in [7, 11) is 0. The highest BCUT2D eigenvalue weighted by molar-refractivity contribution is 5.99. The zero-order valence-corrected chi connectivity index (χ0v) is 16.9. The predicted octanol–water partition coefficient (Wildman–Crippen LogP) is 3.65. The zero-order valence-electron chi connectivity index (χ0n) is 16.9. The Labute approximate surface area is 170 Å². The Bertz CT molecular complexity index is 891. The average Bonchev–Trinajstić information content (AvgIpc) is 3.03. The number of nitrogens with one attached hydrogen (secondary N) is 2. The summed E-state index contributed by atoms with van der Waals surface area (Å²) in [5, 5.41) is 5.45. The van der Waals surface area contributed by atoms with Gasteiger partial charge in [-0.15, -0.1) is 0 Å². The number of hydrogen-bond acceptors (Lipinski definition) is 3. The van der Waals surface area contributed by atoms with Crippen molar-refractivity contribution < 1.29 is 14.4 Å². The first-order chi connectivity index (χ1) is 13.8. The summed E-state index contributed by atoms with van der Waals surface area (Å²) in [5.74, 6) is 0.0196. The first-order valence-electron chi connectivity index (χ1n) is 9.67. The Hall–Kier alpha value is -3.35. The third-order valence-electron chi connectivity index (χ3n) is 4.79. The number of hydrogen-bond donors (Lipinski definition) is 2. The van der Waals surface area contributed by atoms with E-state index in [1.165, 1.54) is 17.4 Å². The largest absolute Gasteiger partial charge is 0.326 e. The minimum Gasteiger partial charge on any atom is -0.326 e. The molecule has 0 aliphatic carbocycles. The molecule has 7 heteroatoms. The van der Waals surface area contributed by atoms with Crippen LogP contribution in [0.5, 0.6) is 0 Å². The number of amides is 4. The van der Waals surface area contributed by atoms with Crippen LogP contribution in [0.1, 0.15) is 32.3 Å². The molecule has 29 heavy (non-hydrogen) atoms. The molecule has 1 fully saturated rings. The fourth-order valence-electron chi connectivity index (χ4n) is 3.22. The van der Waals surface area contributed by atoms with Crippen LogP contribution in [0.25, 0.3) is 0 Å². The Balaban J connectivity index is 1.56. The third-order valence-corrected chi connectivity index (χ3v) is 4.79. The molecular formula is C22H26N4O3. The van der Waals surface area contributed by atoms with E-state index in [4.69, 9.17) is 0 Å². The number of benzene rings is 2. The smallest absolute Gasteiger partial charge is 0.325 e. The first kappa shape index (κ1) is 20.4. The van der Waals surface area contributed by atoms with Gasteiger partial charge in [-0.25, -0.2) is 4.79 Å². The molecule has 1 aliphatic heterocycles. The van der Waals surface area contributed by atoms with E-state index in [1.54, 1.807) is 29.2 Å². The van der Waals surface area contributed by atoms with Crippen molar-refractivity contribution in [2.75, 3.05) is 35.2 Å². The number of rotatable bonds is 6. The molecule has 2 N–H and O–H groups in total. The molecule has 1 heterocycles. The second-order valence-corrected chi connectivity index (χ2v) is 7.41. The van der Waals surface area contributed by atoms with Gasteiger partial charge in [-0.05, 0) is 47.9 Å². The molecule has 0 aromatic heterocycles. The lowest BCUT2D eigenvalue weighted by Crippen LogP contribution is -2.37. The molecular weight excluding hydrogens is 368 g/mol. The van der Waals surface area contributed by atoms with Gasteiger partial charge in [0.2, 0.25) is 11.8 Å². The minimum atomic E-state index is -0.261. The molecule has 2 aromatic rings. The Morgan fingerprint density at radius 2 is 1.52 bits per heavy atom. The second kappa shape index (κ2) is 8.77. The van der Waals surface area contributed by atoms with E-state index in [0.717, 1.165) is 5.69 Å². The standard InChI is InChI=1S/C22H26N4O3/c1-15(2)17-4-10-20(11-5-17)26-13-12-25(22(26)29)14-21(28)24-19-8-6-18(7-9-19)23-16(3)27/h4-11,15H,12-14H2,1-3H3,(H,23,27)(H,24,28). The van der Waals surface area contributed by atoms with Gasteiger partial charge in [-0.3, -0.25) is 14.5 Å². The predicted molar refractivity (Wildman–Crippen MR) is 114 cm³/mol. The summed E-state index contributed by atoms with van der Waals surface area (Å²) in [5.41, 5.74) is 3.33. The quantitative estimate of drug-likeness (QED) is 0.785. The normalized spacial score (nSPS) is 13.7. The van der Waals surface area contributed by atoms with Crippen molar-refractivity contribution in [2.24, 2.45) is 0 Å². The number of nitrogens with zero attached hydrogens (tertiary/aromatic N) is 2. The molecule has 7 nitrogen and oxygen atoms in total. The summed E-state index contributed by atoms with van der Waals surface area (Å²) in [4.78, 5) is 39.3.